The van der Waals surface area contributed by atoms with Crippen LogP contribution in [0.1, 0.15) is 76.7 Å². The van der Waals surface area contributed by atoms with Gasteiger partial charge in [-0.25, -0.2) is 9.78 Å². The average molecular weight is 414 g/mol. The molecule has 0 N–H and O–H groups in total. The van der Waals surface area contributed by atoms with Crippen molar-refractivity contribution in [1.29, 1.82) is 0 Å². The molecule has 0 aliphatic rings. The van der Waals surface area contributed by atoms with Crippen LogP contribution in [0.5, 0.6) is 0 Å². The number of aryl methyl sites for hydroxylation is 1. The number of nitrogens with zero attached hydrogens (tertiary/aromatic N) is 1. The van der Waals surface area contributed by atoms with E-state index in [9.17, 15) is 4.79 Å². The number of carbonyl (C=O) groups is 1. The summed E-state index contributed by atoms with van der Waals surface area (Å²) in [5.74, 6) is -0.406. The number of carbonyl (C=O) groups excluding carboxylic acids is 1. The van der Waals surface area contributed by atoms with Gasteiger partial charge in [0.05, 0.1) is 0 Å². The van der Waals surface area contributed by atoms with Crippen molar-refractivity contribution in [1.82, 2.24) is 4.98 Å². The molecule has 0 radical (unpaired) electrons. The summed E-state index contributed by atoms with van der Waals surface area (Å²) < 4.78 is 11.7. The Morgan fingerprint density at radius 2 is 1.74 bits per heavy atom. The van der Waals surface area contributed by atoms with Gasteiger partial charge in [0.2, 0.25) is 0 Å². The molecule has 1 rings (SSSR count). The minimum absolute atomic E-state index is 0.211. The Morgan fingerprint density at radius 1 is 1.11 bits per heavy atom. The number of pyridine rings is 1. The van der Waals surface area contributed by atoms with Crippen LogP contribution in [-0.2, 0) is 15.6 Å². The number of hydrogen-bond donors (Lipinski definition) is 0. The zero-order valence-electron chi connectivity index (χ0n) is 18.2. The number of unbranched alkanes of at least 4 members (excludes halogenated alkanes) is 2. The van der Waals surface area contributed by atoms with Gasteiger partial charge in [-0.3, -0.25) is 0 Å². The van der Waals surface area contributed by atoms with Gasteiger partial charge in [-0.2, -0.15) is 0 Å². The summed E-state index contributed by atoms with van der Waals surface area (Å²) in [4.78, 5) is 16.5. The van der Waals surface area contributed by atoms with E-state index in [1.165, 1.54) is 0 Å². The van der Waals surface area contributed by atoms with Crippen molar-refractivity contribution in [2.45, 2.75) is 91.0 Å². The quantitative estimate of drug-likeness (QED) is 0.213. The Morgan fingerprint density at radius 3 is 2.30 bits per heavy atom. The number of hydrogen-bond acceptors (Lipinski definition) is 4. The molecule has 1 aromatic rings. The zero-order valence-corrected chi connectivity index (χ0v) is 20.0. The van der Waals surface area contributed by atoms with Crippen molar-refractivity contribution >= 4 is 25.9 Å². The number of ether oxygens (including phenoxy) is 1. The van der Waals surface area contributed by atoms with E-state index in [1.807, 2.05) is 26.8 Å². The molecule has 0 spiro atoms. The van der Waals surface area contributed by atoms with Gasteiger partial charge in [-0.1, -0.05) is 38.8 Å². The van der Waals surface area contributed by atoms with E-state index in [2.05, 4.69) is 38.8 Å². The smallest absolute Gasteiger partial charge is 0.342 e. The molecule has 154 valence electrons. The highest BCUT2D eigenvalue weighted by atomic mass is 35.5. The van der Waals surface area contributed by atoms with Crippen molar-refractivity contribution in [2.75, 3.05) is 6.61 Å². The van der Waals surface area contributed by atoms with Gasteiger partial charge >= 0.3 is 5.97 Å². The SMILES string of the molecule is CC(C)(C)OC(=O)c1c(CCCCCO[Si](C)(C)C(C)(C)C)ccnc1Cl. The van der Waals surface area contributed by atoms with E-state index < -0.39 is 19.9 Å². The van der Waals surface area contributed by atoms with E-state index in [-0.39, 0.29) is 10.2 Å². The number of aromatic nitrogens is 1. The summed E-state index contributed by atoms with van der Waals surface area (Å²) in [5, 5.41) is 0.450. The summed E-state index contributed by atoms with van der Waals surface area (Å²) >= 11 is 6.18. The fourth-order valence-electron chi connectivity index (χ4n) is 2.36. The second-order valence-electron chi connectivity index (χ2n) is 9.56. The lowest BCUT2D eigenvalue weighted by Crippen LogP contribution is -2.40. The van der Waals surface area contributed by atoms with Gasteiger partial charge in [0.25, 0.3) is 0 Å². The van der Waals surface area contributed by atoms with E-state index in [0.29, 0.717) is 5.56 Å². The van der Waals surface area contributed by atoms with Gasteiger partial charge in [0.15, 0.2) is 8.32 Å². The summed E-state index contributed by atoms with van der Waals surface area (Å²) in [7, 11) is -1.67. The predicted octanol–water partition coefficient (Wildman–Crippen LogP) is 6.42. The molecule has 0 fully saturated rings. The lowest BCUT2D eigenvalue weighted by atomic mass is 10.0. The Bertz CT molecular complexity index is 633. The van der Waals surface area contributed by atoms with Gasteiger partial charge in [-0.15, -0.1) is 0 Å². The van der Waals surface area contributed by atoms with Crippen molar-refractivity contribution < 1.29 is 14.0 Å². The normalized spacial score (nSPS) is 12.9. The molecular weight excluding hydrogens is 378 g/mol. The van der Waals surface area contributed by atoms with Gasteiger partial charge in [0, 0.05) is 12.8 Å². The molecule has 1 aromatic heterocycles. The molecule has 27 heavy (non-hydrogen) atoms. The topological polar surface area (TPSA) is 48.4 Å². The third-order valence-corrected chi connectivity index (χ3v) is 9.78. The van der Waals surface area contributed by atoms with E-state index >= 15 is 0 Å². The zero-order chi connectivity index (χ0) is 20.9. The highest BCUT2D eigenvalue weighted by Gasteiger charge is 2.36. The van der Waals surface area contributed by atoms with Crippen LogP contribution in [0.15, 0.2) is 12.3 Å². The van der Waals surface area contributed by atoms with Crippen molar-refractivity contribution in [3.8, 4) is 0 Å². The minimum Gasteiger partial charge on any atom is -0.456 e. The fourth-order valence-corrected chi connectivity index (χ4v) is 3.71. The lowest BCUT2D eigenvalue weighted by molar-refractivity contribution is 0.00680. The Kier molecular flexibility index (Phi) is 8.51. The maximum Gasteiger partial charge on any atom is 0.342 e. The van der Waals surface area contributed by atoms with Crippen molar-refractivity contribution in [2.24, 2.45) is 0 Å². The van der Waals surface area contributed by atoms with Crippen molar-refractivity contribution in [3.63, 3.8) is 0 Å². The molecular formula is C21H36ClNO3Si. The van der Waals surface area contributed by atoms with Gasteiger partial charge in [0.1, 0.15) is 16.3 Å². The minimum atomic E-state index is -1.67. The first-order valence-electron chi connectivity index (χ1n) is 9.75. The molecule has 0 aliphatic heterocycles. The Hall–Kier alpha value is -0.913. The number of esters is 1. The highest BCUT2D eigenvalue weighted by molar-refractivity contribution is 6.74. The summed E-state index contributed by atoms with van der Waals surface area (Å²) in [6, 6.07) is 1.86. The van der Waals surface area contributed by atoms with E-state index in [0.717, 1.165) is 37.9 Å². The summed E-state index contributed by atoms with van der Waals surface area (Å²) in [6.45, 7) is 17.6. The van der Waals surface area contributed by atoms with E-state index in [4.69, 9.17) is 20.8 Å². The maximum atomic E-state index is 12.5. The molecule has 6 heteroatoms. The Balaban J connectivity index is 2.57. The third kappa shape index (κ3) is 7.92. The van der Waals surface area contributed by atoms with Crippen LogP contribution in [0.25, 0.3) is 0 Å². The molecule has 0 atom stereocenters. The first kappa shape index (κ1) is 24.1. The largest absolute Gasteiger partial charge is 0.456 e. The van der Waals surface area contributed by atoms with E-state index in [1.54, 1.807) is 6.20 Å². The standard InChI is InChI=1S/C21H36ClNO3Si/c1-20(2,3)26-19(24)17-16(13-14-23-18(17)22)12-10-9-11-15-25-27(7,8)21(4,5)6/h13-14H,9-12,15H2,1-8H3. The first-order chi connectivity index (χ1) is 12.2. The second-order valence-corrected chi connectivity index (χ2v) is 14.7. The van der Waals surface area contributed by atoms with Crippen LogP contribution >= 0.6 is 11.6 Å². The van der Waals surface area contributed by atoms with Crippen LogP contribution in [0.4, 0.5) is 0 Å². The highest BCUT2D eigenvalue weighted by Crippen LogP contribution is 2.36. The maximum absolute atomic E-state index is 12.5. The first-order valence-corrected chi connectivity index (χ1v) is 13.0. The molecule has 0 saturated carbocycles. The monoisotopic (exact) mass is 413 g/mol. The van der Waals surface area contributed by atoms with Gasteiger partial charge < -0.3 is 9.16 Å². The summed E-state index contributed by atoms with van der Waals surface area (Å²) in [6.07, 6.45) is 5.45. The third-order valence-electron chi connectivity index (χ3n) is 4.95. The molecule has 4 nitrogen and oxygen atoms in total. The number of halogens is 1. The molecule has 0 aliphatic carbocycles. The predicted molar refractivity (Wildman–Crippen MR) is 115 cm³/mol. The van der Waals surface area contributed by atoms with Crippen LogP contribution in [0.2, 0.25) is 23.3 Å². The van der Waals surface area contributed by atoms with Crippen LogP contribution < -0.4 is 0 Å². The average Bonchev–Trinajstić information content (AvgIpc) is 2.47. The Labute approximate surface area is 171 Å². The second kappa shape index (κ2) is 9.53. The summed E-state index contributed by atoms with van der Waals surface area (Å²) in [5.41, 5.74) is 0.732. The molecule has 0 saturated heterocycles. The van der Waals surface area contributed by atoms with Gasteiger partial charge in [-0.05, 0) is 69.8 Å². The molecule has 0 amide bonds. The van der Waals surface area contributed by atoms with Crippen molar-refractivity contribution in [3.05, 3.63) is 28.5 Å². The number of rotatable bonds is 8. The van der Waals surface area contributed by atoms with Crippen LogP contribution in [0.3, 0.4) is 0 Å². The fraction of sp³-hybridized carbons (Fsp3) is 0.714. The molecule has 1 heterocycles. The molecule has 0 aromatic carbocycles. The molecule has 0 bridgehead atoms. The lowest BCUT2D eigenvalue weighted by Gasteiger charge is -2.36. The van der Waals surface area contributed by atoms with Crippen LogP contribution in [0, 0.1) is 0 Å². The van der Waals surface area contributed by atoms with Crippen LogP contribution in [-0.4, -0.2) is 31.5 Å². The molecule has 0 unspecified atom stereocenters.